The van der Waals surface area contributed by atoms with Gasteiger partial charge in [0.1, 0.15) is 18.4 Å². The molecule has 10 heteroatoms. The maximum absolute atomic E-state index is 13.8. The van der Waals surface area contributed by atoms with Gasteiger partial charge in [0, 0.05) is 32.9 Å². The molecule has 0 saturated heterocycles. The number of aromatic nitrogens is 1. The third kappa shape index (κ3) is 3.96. The maximum atomic E-state index is 13.8. The Kier molecular flexibility index (Phi) is 5.99. The summed E-state index contributed by atoms with van der Waals surface area (Å²) < 4.78 is 44.0. The van der Waals surface area contributed by atoms with Crippen LogP contribution in [0.1, 0.15) is 45.7 Å². The SMILES string of the molecule is Cc1c2n(ccc1=O)N([C@@H]1c3ccccc3SCc3c(Br)cccc31)CN(C(C)C(F)(F)F)C2=O. The fraction of sp³-hybridized carbons (Fsp3) is 0.280. The Morgan fingerprint density at radius 1 is 1.06 bits per heavy atom. The molecule has 5 rings (SSSR count). The van der Waals surface area contributed by atoms with E-state index >= 15 is 0 Å². The van der Waals surface area contributed by atoms with Gasteiger partial charge in [-0.1, -0.05) is 46.3 Å². The average molecular weight is 564 g/mol. The van der Waals surface area contributed by atoms with Crippen molar-refractivity contribution in [2.45, 2.75) is 42.8 Å². The van der Waals surface area contributed by atoms with Crippen LogP contribution in [0.2, 0.25) is 0 Å². The molecule has 2 aliphatic heterocycles. The highest BCUT2D eigenvalue weighted by Gasteiger charge is 2.47. The Morgan fingerprint density at radius 2 is 1.77 bits per heavy atom. The molecule has 2 atom stereocenters. The molecule has 1 unspecified atom stereocenters. The van der Waals surface area contributed by atoms with Crippen LogP contribution in [-0.4, -0.2) is 34.4 Å². The monoisotopic (exact) mass is 563 g/mol. The van der Waals surface area contributed by atoms with Crippen LogP contribution in [0.25, 0.3) is 0 Å². The van der Waals surface area contributed by atoms with Gasteiger partial charge in [0.05, 0.1) is 6.04 Å². The van der Waals surface area contributed by atoms with Crippen molar-refractivity contribution in [3.8, 4) is 0 Å². The predicted molar refractivity (Wildman–Crippen MR) is 132 cm³/mol. The van der Waals surface area contributed by atoms with E-state index in [-0.39, 0.29) is 17.9 Å². The fourth-order valence-corrected chi connectivity index (χ4v) is 6.52. The van der Waals surface area contributed by atoms with Crippen LogP contribution in [-0.2, 0) is 5.75 Å². The fourth-order valence-electron chi connectivity index (χ4n) is 4.66. The first kappa shape index (κ1) is 24.0. The molecule has 3 heterocycles. The number of carbonyl (C=O) groups is 1. The van der Waals surface area contributed by atoms with E-state index in [9.17, 15) is 22.8 Å². The van der Waals surface area contributed by atoms with Crippen LogP contribution in [0.4, 0.5) is 13.2 Å². The summed E-state index contributed by atoms with van der Waals surface area (Å²) in [6.45, 7) is 2.15. The molecule has 1 amide bonds. The summed E-state index contributed by atoms with van der Waals surface area (Å²) in [6.07, 6.45) is -3.14. The summed E-state index contributed by atoms with van der Waals surface area (Å²) in [5, 5.41) is 1.75. The Hall–Kier alpha value is -2.72. The minimum atomic E-state index is -4.62. The lowest BCUT2D eigenvalue weighted by Gasteiger charge is -2.46. The van der Waals surface area contributed by atoms with Crippen LogP contribution in [0.3, 0.4) is 0 Å². The quantitative estimate of drug-likeness (QED) is 0.406. The van der Waals surface area contributed by atoms with Crippen molar-refractivity contribution < 1.29 is 18.0 Å². The van der Waals surface area contributed by atoms with Gasteiger partial charge in [-0.2, -0.15) is 13.2 Å². The lowest BCUT2D eigenvalue weighted by molar-refractivity contribution is -0.173. The number of thioether (sulfide) groups is 1. The second-order valence-electron chi connectivity index (χ2n) is 8.61. The van der Waals surface area contributed by atoms with Crippen LogP contribution in [0, 0.1) is 6.92 Å². The zero-order valence-electron chi connectivity index (χ0n) is 18.8. The number of hydrogen-bond donors (Lipinski definition) is 0. The summed E-state index contributed by atoms with van der Waals surface area (Å²) in [5.41, 5.74) is 2.55. The van der Waals surface area contributed by atoms with Crippen LogP contribution < -0.4 is 10.4 Å². The van der Waals surface area contributed by atoms with Crippen molar-refractivity contribution in [2.75, 3.05) is 11.7 Å². The standard InChI is InChI=1S/C25H21BrF3N3O2S/c1-14-20(33)10-11-31-22(14)24(34)30(15(2)25(27,28)29)13-32(31)23-16-7-5-8-19(26)18(16)12-35-21-9-4-3-6-17(21)23/h3-11,15,23H,12-13H2,1-2H3/t15?,23-/m0/s1. The molecule has 0 spiro atoms. The number of alkyl halides is 3. The highest BCUT2D eigenvalue weighted by molar-refractivity contribution is 9.10. The highest BCUT2D eigenvalue weighted by Crippen LogP contribution is 2.44. The van der Waals surface area contributed by atoms with Gasteiger partial charge in [0.15, 0.2) is 5.43 Å². The predicted octanol–water partition coefficient (Wildman–Crippen LogP) is 5.62. The summed E-state index contributed by atoms with van der Waals surface area (Å²) >= 11 is 5.30. The molecular weight excluding hydrogens is 543 g/mol. The number of halogens is 4. The van der Waals surface area contributed by atoms with Gasteiger partial charge in [-0.05, 0) is 42.7 Å². The van der Waals surface area contributed by atoms with Gasteiger partial charge in [0.25, 0.3) is 5.91 Å². The van der Waals surface area contributed by atoms with Crippen LogP contribution in [0.15, 0.2) is 68.9 Å². The van der Waals surface area contributed by atoms with Gasteiger partial charge >= 0.3 is 6.18 Å². The van der Waals surface area contributed by atoms with Crippen molar-refractivity contribution in [3.63, 3.8) is 0 Å². The summed E-state index contributed by atoms with van der Waals surface area (Å²) in [6, 6.07) is 12.4. The minimum absolute atomic E-state index is 0.0502. The van der Waals surface area contributed by atoms with Crippen molar-refractivity contribution in [1.29, 1.82) is 0 Å². The first-order valence-electron chi connectivity index (χ1n) is 11.0. The molecule has 0 N–H and O–H groups in total. The first-order valence-corrected chi connectivity index (χ1v) is 12.7. The van der Waals surface area contributed by atoms with E-state index in [2.05, 4.69) is 15.9 Å². The molecule has 0 bridgehead atoms. The molecule has 5 nitrogen and oxygen atoms in total. The molecule has 0 fully saturated rings. The number of hydrogen-bond acceptors (Lipinski definition) is 4. The van der Waals surface area contributed by atoms with Gasteiger partial charge in [-0.15, -0.1) is 11.8 Å². The number of rotatable bonds is 2. The number of amides is 1. The van der Waals surface area contributed by atoms with E-state index in [0.29, 0.717) is 5.75 Å². The van der Waals surface area contributed by atoms with Gasteiger partial charge in [0.2, 0.25) is 0 Å². The summed E-state index contributed by atoms with van der Waals surface area (Å²) in [5.74, 6) is -0.137. The highest BCUT2D eigenvalue weighted by atomic mass is 79.9. The Balaban J connectivity index is 1.79. The average Bonchev–Trinajstić information content (AvgIpc) is 2.98. The number of nitrogens with zero attached hydrogens (tertiary/aromatic N) is 3. The number of pyridine rings is 1. The van der Waals surface area contributed by atoms with E-state index in [1.54, 1.807) is 21.4 Å². The molecule has 182 valence electrons. The molecule has 0 radical (unpaired) electrons. The second kappa shape index (κ2) is 8.74. The second-order valence-corrected chi connectivity index (χ2v) is 10.5. The Labute approximate surface area is 212 Å². The van der Waals surface area contributed by atoms with Crippen LogP contribution in [0.5, 0.6) is 0 Å². The molecule has 2 aliphatic rings. The number of carbonyl (C=O) groups excluding carboxylic acids is 1. The lowest BCUT2D eigenvalue weighted by atomic mass is 9.94. The van der Waals surface area contributed by atoms with Crippen molar-refractivity contribution in [2.24, 2.45) is 0 Å². The zero-order chi connectivity index (χ0) is 25.1. The third-order valence-electron chi connectivity index (χ3n) is 6.63. The number of benzene rings is 2. The minimum Gasteiger partial charge on any atom is -0.306 e. The number of fused-ring (bicyclic) bond motifs is 3. The van der Waals surface area contributed by atoms with Gasteiger partial charge in [-0.3, -0.25) is 19.3 Å². The Bertz CT molecular complexity index is 1390. The Morgan fingerprint density at radius 3 is 2.51 bits per heavy atom. The first-order chi connectivity index (χ1) is 16.6. The topological polar surface area (TPSA) is 45.6 Å². The normalized spacial score (nSPS) is 18.5. The molecule has 1 aromatic heterocycles. The molecule has 35 heavy (non-hydrogen) atoms. The smallest absolute Gasteiger partial charge is 0.306 e. The van der Waals surface area contributed by atoms with Gasteiger partial charge < -0.3 is 4.90 Å². The molecule has 0 saturated carbocycles. The molecule has 2 aromatic carbocycles. The van der Waals surface area contributed by atoms with E-state index in [1.165, 1.54) is 19.2 Å². The molecule has 3 aromatic rings. The lowest BCUT2D eigenvalue weighted by Crippen LogP contribution is -2.60. The van der Waals surface area contributed by atoms with E-state index in [4.69, 9.17) is 0 Å². The van der Waals surface area contributed by atoms with Gasteiger partial charge in [-0.25, -0.2) is 0 Å². The van der Waals surface area contributed by atoms with E-state index in [1.807, 2.05) is 42.5 Å². The van der Waals surface area contributed by atoms with E-state index in [0.717, 1.165) is 37.9 Å². The summed E-state index contributed by atoms with van der Waals surface area (Å²) in [4.78, 5) is 27.6. The van der Waals surface area contributed by atoms with Crippen molar-refractivity contribution in [1.82, 2.24) is 9.58 Å². The van der Waals surface area contributed by atoms with Crippen LogP contribution >= 0.6 is 27.7 Å². The molecular formula is C25H21BrF3N3O2S. The molecule has 0 aliphatic carbocycles. The summed E-state index contributed by atoms with van der Waals surface area (Å²) in [7, 11) is 0. The van der Waals surface area contributed by atoms with E-state index < -0.39 is 29.6 Å². The largest absolute Gasteiger partial charge is 0.408 e. The third-order valence-corrected chi connectivity index (χ3v) is 8.49. The van der Waals surface area contributed by atoms with Crippen molar-refractivity contribution >= 4 is 33.6 Å². The zero-order valence-corrected chi connectivity index (χ0v) is 21.2. The maximum Gasteiger partial charge on any atom is 0.408 e. The van der Waals surface area contributed by atoms with Crippen molar-refractivity contribution in [3.05, 3.63) is 97.4 Å².